The maximum atomic E-state index is 2.36. The highest BCUT2D eigenvalue weighted by molar-refractivity contribution is 7.57. The lowest BCUT2D eigenvalue weighted by Crippen LogP contribution is -1.99. The van der Waals surface area contributed by atoms with Gasteiger partial charge in [-0.3, -0.25) is 0 Å². The van der Waals surface area contributed by atoms with Crippen LogP contribution in [-0.4, -0.2) is 18.5 Å². The molecule has 0 saturated heterocycles. The number of unbranched alkanes of at least 4 members (excludes halogenated alkanes) is 3. The van der Waals surface area contributed by atoms with E-state index < -0.39 is 0 Å². The lowest BCUT2D eigenvalue weighted by Gasteiger charge is -2.19. The summed E-state index contributed by atoms with van der Waals surface area (Å²) < 4.78 is 0. The average molecular weight is 329 g/mol. The first kappa shape index (κ1) is 22.4. The van der Waals surface area contributed by atoms with Crippen molar-refractivity contribution in [1.29, 1.82) is 0 Å². The van der Waals surface area contributed by atoms with Gasteiger partial charge in [0.1, 0.15) is 0 Å². The highest BCUT2D eigenvalue weighted by atomic mass is 31.1. The fourth-order valence-electron chi connectivity index (χ4n) is 3.00. The topological polar surface area (TPSA) is 0 Å². The van der Waals surface area contributed by atoms with E-state index in [4.69, 9.17) is 0 Å². The Balaban J connectivity index is 3.86. The van der Waals surface area contributed by atoms with Crippen molar-refractivity contribution in [3.63, 3.8) is 0 Å². The maximum absolute atomic E-state index is 2.36. The molecular formula is C21H45P. The summed E-state index contributed by atoms with van der Waals surface area (Å²) in [5.41, 5.74) is 0. The van der Waals surface area contributed by atoms with E-state index >= 15 is 0 Å². The van der Waals surface area contributed by atoms with Crippen LogP contribution in [0.25, 0.3) is 0 Å². The molecule has 0 rings (SSSR count). The lowest BCUT2D eigenvalue weighted by atomic mass is 10.1. The summed E-state index contributed by atoms with van der Waals surface area (Å²) in [6, 6.07) is 0. The Kier molecular flexibility index (Phi) is 15.3. The summed E-state index contributed by atoms with van der Waals surface area (Å²) >= 11 is 0. The third-order valence-electron chi connectivity index (χ3n) is 4.52. The average Bonchev–Trinajstić information content (AvgIpc) is 2.42. The Morgan fingerprint density at radius 3 is 0.955 bits per heavy atom. The summed E-state index contributed by atoms with van der Waals surface area (Å²) in [5, 5.41) is 0. The molecule has 0 bridgehead atoms. The van der Waals surface area contributed by atoms with Gasteiger partial charge in [0.15, 0.2) is 0 Å². The maximum Gasteiger partial charge on any atom is -0.0326 e. The largest absolute Gasteiger partial charge is 0.107 e. The van der Waals surface area contributed by atoms with Gasteiger partial charge in [0.25, 0.3) is 0 Å². The number of hydrogen-bond donors (Lipinski definition) is 0. The minimum Gasteiger partial charge on any atom is -0.107 e. The second-order valence-corrected chi connectivity index (χ2v) is 11.2. The standard InChI is InChI=1S/C21H45P/c1-19(2)13-7-10-16-22(17-11-8-14-20(3)4)18-12-9-15-21(5)6/h19-21H,7-18H2,1-6H3. The van der Waals surface area contributed by atoms with E-state index in [9.17, 15) is 0 Å². The SMILES string of the molecule is CC(C)CCCCP(CCCCC(C)C)CCCCC(C)C. The Labute approximate surface area is 144 Å². The van der Waals surface area contributed by atoms with Gasteiger partial charge >= 0.3 is 0 Å². The van der Waals surface area contributed by atoms with Gasteiger partial charge in [0, 0.05) is 0 Å². The van der Waals surface area contributed by atoms with Crippen molar-refractivity contribution >= 4 is 7.92 Å². The van der Waals surface area contributed by atoms with Crippen molar-refractivity contribution in [2.75, 3.05) is 18.5 Å². The van der Waals surface area contributed by atoms with Gasteiger partial charge in [-0.1, -0.05) is 80.1 Å². The summed E-state index contributed by atoms with van der Waals surface area (Å²) in [6.45, 7) is 14.2. The minimum atomic E-state index is 0.347. The monoisotopic (exact) mass is 328 g/mol. The quantitative estimate of drug-likeness (QED) is 0.211. The van der Waals surface area contributed by atoms with Gasteiger partial charge in [-0.2, -0.15) is 0 Å². The molecule has 0 aromatic heterocycles. The van der Waals surface area contributed by atoms with Crippen molar-refractivity contribution in [2.45, 2.75) is 99.3 Å². The van der Waals surface area contributed by atoms with Gasteiger partial charge < -0.3 is 0 Å². The van der Waals surface area contributed by atoms with Crippen LogP contribution >= 0.6 is 7.92 Å². The molecule has 0 radical (unpaired) electrons. The molecule has 134 valence electrons. The van der Waals surface area contributed by atoms with Crippen molar-refractivity contribution in [2.24, 2.45) is 17.8 Å². The van der Waals surface area contributed by atoms with Crippen LogP contribution in [-0.2, 0) is 0 Å². The molecule has 22 heavy (non-hydrogen) atoms. The molecule has 0 spiro atoms. The molecule has 1 heteroatoms. The smallest absolute Gasteiger partial charge is 0.0326 e. The van der Waals surface area contributed by atoms with Gasteiger partial charge in [0.05, 0.1) is 0 Å². The van der Waals surface area contributed by atoms with Crippen LogP contribution in [0.3, 0.4) is 0 Å². The lowest BCUT2D eigenvalue weighted by molar-refractivity contribution is 0.545. The Bertz CT molecular complexity index is 182. The van der Waals surface area contributed by atoms with Crippen LogP contribution in [0.15, 0.2) is 0 Å². The number of hydrogen-bond acceptors (Lipinski definition) is 0. The molecule has 0 unspecified atom stereocenters. The second-order valence-electron chi connectivity index (χ2n) is 8.51. The molecular weight excluding hydrogens is 283 g/mol. The van der Waals surface area contributed by atoms with E-state index in [1.807, 2.05) is 0 Å². The first-order valence-electron chi connectivity index (χ1n) is 10.1. The van der Waals surface area contributed by atoms with E-state index in [1.165, 1.54) is 57.8 Å². The summed E-state index contributed by atoms with van der Waals surface area (Å²) in [4.78, 5) is 0. The molecule has 0 aliphatic heterocycles. The van der Waals surface area contributed by atoms with E-state index in [0.29, 0.717) is 7.92 Å². The Hall–Kier alpha value is 0.430. The van der Waals surface area contributed by atoms with E-state index in [1.54, 1.807) is 18.5 Å². The molecule has 0 N–H and O–H groups in total. The molecule has 0 saturated carbocycles. The zero-order chi connectivity index (χ0) is 16.8. The van der Waals surface area contributed by atoms with Crippen LogP contribution in [0, 0.1) is 17.8 Å². The van der Waals surface area contributed by atoms with Gasteiger partial charge in [-0.05, 0) is 55.5 Å². The molecule has 0 aliphatic rings. The van der Waals surface area contributed by atoms with Crippen molar-refractivity contribution in [3.05, 3.63) is 0 Å². The predicted molar refractivity (Wildman–Crippen MR) is 108 cm³/mol. The minimum absolute atomic E-state index is 0.347. The predicted octanol–water partition coefficient (Wildman–Crippen LogP) is 7.95. The van der Waals surface area contributed by atoms with Crippen LogP contribution < -0.4 is 0 Å². The molecule has 0 heterocycles. The zero-order valence-corrected chi connectivity index (χ0v) is 17.6. The van der Waals surface area contributed by atoms with Crippen LogP contribution in [0.5, 0.6) is 0 Å². The molecule has 0 fully saturated rings. The first-order chi connectivity index (χ1) is 10.4. The van der Waals surface area contributed by atoms with E-state index in [2.05, 4.69) is 41.5 Å². The van der Waals surface area contributed by atoms with Crippen molar-refractivity contribution in [1.82, 2.24) is 0 Å². The zero-order valence-electron chi connectivity index (χ0n) is 16.7. The summed E-state index contributed by atoms with van der Waals surface area (Å²) in [5.74, 6) is 2.68. The molecule has 0 amide bonds. The normalized spacial score (nSPS) is 12.3. The van der Waals surface area contributed by atoms with Crippen LogP contribution in [0.4, 0.5) is 0 Å². The molecule has 0 aliphatic carbocycles. The van der Waals surface area contributed by atoms with E-state index in [0.717, 1.165) is 17.8 Å². The van der Waals surface area contributed by atoms with Gasteiger partial charge in [0.2, 0.25) is 0 Å². The highest BCUT2D eigenvalue weighted by Gasteiger charge is 2.08. The van der Waals surface area contributed by atoms with Gasteiger partial charge in [-0.25, -0.2) is 0 Å². The Morgan fingerprint density at radius 1 is 0.455 bits per heavy atom. The third-order valence-corrected chi connectivity index (χ3v) is 7.36. The fourth-order valence-corrected chi connectivity index (χ4v) is 5.68. The first-order valence-corrected chi connectivity index (χ1v) is 12.0. The summed E-state index contributed by atoms with van der Waals surface area (Å²) in [7, 11) is 0.347. The third kappa shape index (κ3) is 16.8. The molecule has 0 aromatic carbocycles. The highest BCUT2D eigenvalue weighted by Crippen LogP contribution is 2.39. The van der Waals surface area contributed by atoms with E-state index in [-0.39, 0.29) is 0 Å². The fraction of sp³-hybridized carbons (Fsp3) is 1.00. The molecule has 0 atom stereocenters. The van der Waals surface area contributed by atoms with Crippen LogP contribution in [0.1, 0.15) is 99.3 Å². The molecule has 0 nitrogen and oxygen atoms in total. The Morgan fingerprint density at radius 2 is 0.727 bits per heavy atom. The van der Waals surface area contributed by atoms with Gasteiger partial charge in [-0.15, -0.1) is 7.92 Å². The van der Waals surface area contributed by atoms with Crippen molar-refractivity contribution < 1.29 is 0 Å². The second kappa shape index (κ2) is 15.0. The summed E-state index contributed by atoms with van der Waals surface area (Å²) in [6.07, 6.45) is 17.9. The molecule has 0 aromatic rings. The van der Waals surface area contributed by atoms with Crippen LogP contribution in [0.2, 0.25) is 0 Å². The van der Waals surface area contributed by atoms with Crippen molar-refractivity contribution in [3.8, 4) is 0 Å². The number of rotatable bonds is 15.